The molecule has 0 radical (unpaired) electrons. The number of hydrogen-bond acceptors (Lipinski definition) is 3. The van der Waals surface area contributed by atoms with Gasteiger partial charge >= 0.3 is 0 Å². The minimum atomic E-state index is -0.209. The number of rotatable bonds is 4. The van der Waals surface area contributed by atoms with Crippen molar-refractivity contribution in [3.8, 4) is 0 Å². The van der Waals surface area contributed by atoms with Gasteiger partial charge in [-0.05, 0) is 38.1 Å². The highest BCUT2D eigenvalue weighted by Crippen LogP contribution is 2.13. The van der Waals surface area contributed by atoms with Crippen molar-refractivity contribution in [1.82, 2.24) is 9.78 Å². The van der Waals surface area contributed by atoms with Gasteiger partial charge in [-0.15, -0.1) is 0 Å². The number of hydrogen-bond donors (Lipinski definition) is 1. The molecular weight excluding hydrogens is 278 g/mol. The maximum Gasteiger partial charge on any atom is 0.246 e. The van der Waals surface area contributed by atoms with Crippen molar-refractivity contribution >= 4 is 29.0 Å². The first-order chi connectivity index (χ1) is 9.45. The second kappa shape index (κ2) is 5.88. The molecule has 2 rings (SSSR count). The zero-order chi connectivity index (χ0) is 14.7. The Kier molecular flexibility index (Phi) is 4.20. The quantitative estimate of drug-likeness (QED) is 0.881. The molecule has 0 aliphatic heterocycles. The molecule has 104 valence electrons. The number of Topliss-reactive ketones (excluding diaryl/α,β-unsaturated/α-hetero) is 1. The number of carbonyl (C=O) groups is 2. The first-order valence-electron chi connectivity index (χ1n) is 6.06. The van der Waals surface area contributed by atoms with E-state index < -0.39 is 0 Å². The largest absolute Gasteiger partial charge is 0.324 e. The number of benzene rings is 1. The van der Waals surface area contributed by atoms with E-state index in [0.717, 1.165) is 0 Å². The molecule has 0 aliphatic carbocycles. The van der Waals surface area contributed by atoms with Crippen LogP contribution in [0.4, 0.5) is 5.69 Å². The lowest BCUT2D eigenvalue weighted by Crippen LogP contribution is -2.19. The third-order valence-electron chi connectivity index (χ3n) is 2.77. The summed E-state index contributed by atoms with van der Waals surface area (Å²) in [6.45, 7) is 3.36. The molecule has 0 bridgehead atoms. The van der Waals surface area contributed by atoms with Crippen molar-refractivity contribution < 1.29 is 9.59 Å². The summed E-state index contributed by atoms with van der Waals surface area (Å²) >= 11 is 5.87. The SMILES string of the molecule is CC(=O)c1ccc(NC(=O)Cn2cc(Cl)c(C)n2)cc1. The van der Waals surface area contributed by atoms with E-state index >= 15 is 0 Å². The number of aromatic nitrogens is 2. The molecule has 1 aromatic heterocycles. The zero-order valence-corrected chi connectivity index (χ0v) is 11.9. The topological polar surface area (TPSA) is 64.0 Å². The Labute approximate surface area is 121 Å². The van der Waals surface area contributed by atoms with E-state index in [1.54, 1.807) is 37.4 Å². The van der Waals surface area contributed by atoms with Crippen LogP contribution in [0.2, 0.25) is 5.02 Å². The van der Waals surface area contributed by atoms with Crippen LogP contribution in [0.3, 0.4) is 0 Å². The molecule has 1 N–H and O–H groups in total. The number of amides is 1. The molecule has 0 unspecified atom stereocenters. The van der Waals surface area contributed by atoms with Gasteiger partial charge in [0.15, 0.2) is 5.78 Å². The molecule has 1 heterocycles. The molecule has 0 atom stereocenters. The Morgan fingerprint density at radius 3 is 2.45 bits per heavy atom. The second-order valence-corrected chi connectivity index (χ2v) is 4.85. The van der Waals surface area contributed by atoms with Crippen LogP contribution in [0.25, 0.3) is 0 Å². The summed E-state index contributed by atoms with van der Waals surface area (Å²) in [5, 5.41) is 7.37. The van der Waals surface area contributed by atoms with E-state index in [4.69, 9.17) is 11.6 Å². The monoisotopic (exact) mass is 291 g/mol. The number of anilines is 1. The maximum absolute atomic E-state index is 11.8. The molecule has 0 spiro atoms. The van der Waals surface area contributed by atoms with E-state index in [-0.39, 0.29) is 18.2 Å². The fourth-order valence-electron chi connectivity index (χ4n) is 1.71. The summed E-state index contributed by atoms with van der Waals surface area (Å²) in [5.74, 6) is -0.218. The van der Waals surface area contributed by atoms with Gasteiger partial charge in [0.05, 0.1) is 10.7 Å². The highest BCUT2D eigenvalue weighted by molar-refractivity contribution is 6.31. The van der Waals surface area contributed by atoms with Crippen LogP contribution in [0.1, 0.15) is 23.0 Å². The number of carbonyl (C=O) groups excluding carboxylic acids is 2. The zero-order valence-electron chi connectivity index (χ0n) is 11.2. The van der Waals surface area contributed by atoms with E-state index in [2.05, 4.69) is 10.4 Å². The highest BCUT2D eigenvalue weighted by Gasteiger charge is 2.07. The molecule has 0 saturated heterocycles. The lowest BCUT2D eigenvalue weighted by atomic mass is 10.1. The van der Waals surface area contributed by atoms with Gasteiger partial charge in [0.1, 0.15) is 6.54 Å². The van der Waals surface area contributed by atoms with E-state index in [0.29, 0.717) is 22.0 Å². The normalized spacial score (nSPS) is 10.3. The van der Waals surface area contributed by atoms with Crippen molar-refractivity contribution in [2.45, 2.75) is 20.4 Å². The van der Waals surface area contributed by atoms with Gasteiger partial charge in [-0.1, -0.05) is 11.6 Å². The van der Waals surface area contributed by atoms with Gasteiger partial charge in [0, 0.05) is 17.4 Å². The highest BCUT2D eigenvalue weighted by atomic mass is 35.5. The number of nitrogens with one attached hydrogen (secondary N) is 1. The summed E-state index contributed by atoms with van der Waals surface area (Å²) in [4.78, 5) is 23.0. The number of halogens is 1. The first kappa shape index (κ1) is 14.3. The summed E-state index contributed by atoms with van der Waals surface area (Å²) < 4.78 is 1.48. The van der Waals surface area contributed by atoms with Crippen molar-refractivity contribution in [2.24, 2.45) is 0 Å². The average Bonchev–Trinajstić information content (AvgIpc) is 2.68. The van der Waals surface area contributed by atoms with Crippen molar-refractivity contribution in [2.75, 3.05) is 5.32 Å². The first-order valence-corrected chi connectivity index (χ1v) is 6.44. The van der Waals surface area contributed by atoms with Crippen LogP contribution in [-0.4, -0.2) is 21.5 Å². The lowest BCUT2D eigenvalue weighted by Gasteiger charge is -2.05. The van der Waals surface area contributed by atoms with Crippen LogP contribution in [0.15, 0.2) is 30.5 Å². The molecule has 5 nitrogen and oxygen atoms in total. The summed E-state index contributed by atoms with van der Waals surface area (Å²) in [6.07, 6.45) is 1.61. The third-order valence-corrected chi connectivity index (χ3v) is 3.14. The maximum atomic E-state index is 11.8. The van der Waals surface area contributed by atoms with E-state index in [1.807, 2.05) is 0 Å². The van der Waals surface area contributed by atoms with Gasteiger partial charge in [0.25, 0.3) is 0 Å². The third kappa shape index (κ3) is 3.45. The molecule has 1 amide bonds. The Morgan fingerprint density at radius 1 is 1.30 bits per heavy atom. The van der Waals surface area contributed by atoms with Crippen LogP contribution < -0.4 is 5.32 Å². The molecule has 2 aromatic rings. The Morgan fingerprint density at radius 2 is 1.95 bits per heavy atom. The number of nitrogens with zero attached hydrogens (tertiary/aromatic N) is 2. The molecule has 0 fully saturated rings. The molecule has 1 aromatic carbocycles. The van der Waals surface area contributed by atoms with E-state index in [1.165, 1.54) is 11.6 Å². The van der Waals surface area contributed by atoms with Gasteiger partial charge in [0.2, 0.25) is 5.91 Å². The smallest absolute Gasteiger partial charge is 0.246 e. The van der Waals surface area contributed by atoms with Crippen LogP contribution in [0, 0.1) is 6.92 Å². The summed E-state index contributed by atoms with van der Waals surface area (Å²) in [5.41, 5.74) is 1.93. The summed E-state index contributed by atoms with van der Waals surface area (Å²) in [6, 6.07) is 6.73. The van der Waals surface area contributed by atoms with E-state index in [9.17, 15) is 9.59 Å². The molecule has 0 saturated carbocycles. The van der Waals surface area contributed by atoms with Crippen molar-refractivity contribution in [3.63, 3.8) is 0 Å². The minimum absolute atomic E-state index is 0.00969. The number of aryl methyl sites for hydroxylation is 1. The lowest BCUT2D eigenvalue weighted by molar-refractivity contribution is -0.116. The van der Waals surface area contributed by atoms with Crippen LogP contribution in [0.5, 0.6) is 0 Å². The minimum Gasteiger partial charge on any atom is -0.324 e. The predicted octanol–water partition coefficient (Wildman–Crippen LogP) is 2.69. The number of ketones is 1. The van der Waals surface area contributed by atoms with Gasteiger partial charge in [-0.25, -0.2) is 0 Å². The Hall–Kier alpha value is -2.14. The van der Waals surface area contributed by atoms with Gasteiger partial charge < -0.3 is 5.32 Å². The Balaban J connectivity index is 1.99. The van der Waals surface area contributed by atoms with Gasteiger partial charge in [-0.3, -0.25) is 14.3 Å². The van der Waals surface area contributed by atoms with Gasteiger partial charge in [-0.2, -0.15) is 5.10 Å². The molecule has 0 aliphatic rings. The summed E-state index contributed by atoms with van der Waals surface area (Å²) in [7, 11) is 0. The average molecular weight is 292 g/mol. The molecule has 20 heavy (non-hydrogen) atoms. The van der Waals surface area contributed by atoms with Crippen LogP contribution in [-0.2, 0) is 11.3 Å². The Bertz CT molecular complexity index is 627. The molecule has 6 heteroatoms. The second-order valence-electron chi connectivity index (χ2n) is 4.44. The van der Waals surface area contributed by atoms with Crippen molar-refractivity contribution in [1.29, 1.82) is 0 Å². The fraction of sp³-hybridized carbons (Fsp3) is 0.214. The fourth-order valence-corrected chi connectivity index (χ4v) is 1.86. The van der Waals surface area contributed by atoms with Crippen LogP contribution >= 0.6 is 11.6 Å². The standard InChI is InChI=1S/C14H14ClN3O2/c1-9-13(15)7-18(17-9)8-14(20)16-12-5-3-11(4-6-12)10(2)19/h3-7H,8H2,1-2H3,(H,16,20). The molecular formula is C14H14ClN3O2. The van der Waals surface area contributed by atoms with Crippen molar-refractivity contribution in [3.05, 3.63) is 46.7 Å². The predicted molar refractivity (Wildman–Crippen MR) is 77.1 cm³/mol.